The summed E-state index contributed by atoms with van der Waals surface area (Å²) in [5, 5.41) is 2.88. The van der Waals surface area contributed by atoms with Gasteiger partial charge in [0.25, 0.3) is 5.91 Å². The molecule has 0 bridgehead atoms. The number of furan rings is 1. The second kappa shape index (κ2) is 1.73. The van der Waals surface area contributed by atoms with E-state index in [1.165, 1.54) is 0 Å². The van der Waals surface area contributed by atoms with E-state index in [4.69, 9.17) is 4.42 Å². The first-order chi connectivity index (χ1) is 5.82. The third-order valence-electron chi connectivity index (χ3n) is 2.83. The molecule has 3 nitrogen and oxygen atoms in total. The van der Waals surface area contributed by atoms with E-state index in [1.807, 2.05) is 0 Å². The molecule has 1 aromatic rings. The summed E-state index contributed by atoms with van der Waals surface area (Å²) in [6, 6.07) is 1.75. The SMILES string of the molecule is O=C1NCC2(CC2)c2occc21. The molecule has 3 heteroatoms. The molecule has 1 N–H and O–H groups in total. The molecule has 1 spiro atoms. The zero-order valence-electron chi connectivity index (χ0n) is 6.59. The molecular formula is C9H9NO2. The first-order valence-corrected chi connectivity index (χ1v) is 4.18. The average Bonchev–Trinajstić information content (AvgIpc) is 2.64. The van der Waals surface area contributed by atoms with Crippen molar-refractivity contribution in [2.45, 2.75) is 18.3 Å². The van der Waals surface area contributed by atoms with Gasteiger partial charge in [-0.3, -0.25) is 4.79 Å². The van der Waals surface area contributed by atoms with E-state index in [-0.39, 0.29) is 11.3 Å². The van der Waals surface area contributed by atoms with Crippen molar-refractivity contribution in [3.63, 3.8) is 0 Å². The first kappa shape index (κ1) is 6.29. The highest BCUT2D eigenvalue weighted by molar-refractivity contribution is 5.97. The predicted molar refractivity (Wildman–Crippen MR) is 42.0 cm³/mol. The van der Waals surface area contributed by atoms with Crippen LogP contribution in [0.3, 0.4) is 0 Å². The van der Waals surface area contributed by atoms with Crippen molar-refractivity contribution in [1.82, 2.24) is 5.32 Å². The molecule has 0 radical (unpaired) electrons. The van der Waals surface area contributed by atoms with E-state index in [9.17, 15) is 4.79 Å². The second-order valence-electron chi connectivity index (χ2n) is 3.63. The van der Waals surface area contributed by atoms with Gasteiger partial charge in [0.15, 0.2) is 0 Å². The molecule has 62 valence electrons. The summed E-state index contributed by atoms with van der Waals surface area (Å²) in [5.74, 6) is 0.919. The number of amides is 1. The van der Waals surface area contributed by atoms with Crippen LogP contribution in [-0.2, 0) is 5.41 Å². The van der Waals surface area contributed by atoms with Gasteiger partial charge in [-0.1, -0.05) is 0 Å². The number of fused-ring (bicyclic) bond motifs is 2. The molecule has 2 aliphatic rings. The first-order valence-electron chi connectivity index (χ1n) is 4.18. The Morgan fingerprint density at radius 3 is 3.08 bits per heavy atom. The fraction of sp³-hybridized carbons (Fsp3) is 0.444. The summed E-state index contributed by atoms with van der Waals surface area (Å²) >= 11 is 0. The lowest BCUT2D eigenvalue weighted by Crippen LogP contribution is -2.38. The van der Waals surface area contributed by atoms with Crippen LogP contribution in [-0.4, -0.2) is 12.5 Å². The molecule has 0 atom stereocenters. The number of carbonyl (C=O) groups excluding carboxylic acids is 1. The monoisotopic (exact) mass is 163 g/mol. The molecule has 1 aliphatic carbocycles. The van der Waals surface area contributed by atoms with E-state index in [2.05, 4.69) is 5.32 Å². The number of nitrogens with one attached hydrogen (secondary N) is 1. The number of hydrogen-bond donors (Lipinski definition) is 1. The van der Waals surface area contributed by atoms with Crippen LogP contribution in [0.5, 0.6) is 0 Å². The maximum atomic E-state index is 11.3. The minimum absolute atomic E-state index is 0.0104. The van der Waals surface area contributed by atoms with Gasteiger partial charge in [0, 0.05) is 12.0 Å². The fourth-order valence-electron chi connectivity index (χ4n) is 1.88. The summed E-state index contributed by atoms with van der Waals surface area (Å²) < 4.78 is 5.34. The molecule has 0 unspecified atom stereocenters. The number of carbonyl (C=O) groups is 1. The van der Waals surface area contributed by atoms with Crippen molar-refractivity contribution in [2.75, 3.05) is 6.54 Å². The summed E-state index contributed by atoms with van der Waals surface area (Å²) in [4.78, 5) is 11.3. The summed E-state index contributed by atoms with van der Waals surface area (Å²) in [5.41, 5.74) is 0.908. The minimum atomic E-state index is 0.0104. The quantitative estimate of drug-likeness (QED) is 0.621. The topological polar surface area (TPSA) is 42.2 Å². The Morgan fingerprint density at radius 1 is 1.50 bits per heavy atom. The smallest absolute Gasteiger partial charge is 0.254 e. The Kier molecular flexibility index (Phi) is 0.908. The van der Waals surface area contributed by atoms with Crippen molar-refractivity contribution >= 4 is 5.91 Å². The minimum Gasteiger partial charge on any atom is -0.468 e. The van der Waals surface area contributed by atoms with Crippen molar-refractivity contribution in [1.29, 1.82) is 0 Å². The molecule has 0 saturated heterocycles. The van der Waals surface area contributed by atoms with Crippen LogP contribution >= 0.6 is 0 Å². The molecule has 1 aliphatic heterocycles. The summed E-state index contributed by atoms with van der Waals surface area (Å²) in [7, 11) is 0. The largest absolute Gasteiger partial charge is 0.468 e. The molecule has 1 aromatic heterocycles. The molecular weight excluding hydrogens is 154 g/mol. The summed E-state index contributed by atoms with van der Waals surface area (Å²) in [6.45, 7) is 0.756. The molecule has 1 fully saturated rings. The number of hydrogen-bond acceptors (Lipinski definition) is 2. The van der Waals surface area contributed by atoms with Gasteiger partial charge in [0.05, 0.1) is 11.8 Å². The highest BCUT2D eigenvalue weighted by Crippen LogP contribution is 2.50. The van der Waals surface area contributed by atoms with Crippen LogP contribution in [0.2, 0.25) is 0 Å². The van der Waals surface area contributed by atoms with Crippen LogP contribution in [0.15, 0.2) is 16.7 Å². The van der Waals surface area contributed by atoms with Gasteiger partial charge < -0.3 is 9.73 Å². The average molecular weight is 163 g/mol. The van der Waals surface area contributed by atoms with Crippen LogP contribution in [0.1, 0.15) is 29.0 Å². The third kappa shape index (κ3) is 0.594. The van der Waals surface area contributed by atoms with Crippen molar-refractivity contribution in [3.05, 3.63) is 23.7 Å². The maximum absolute atomic E-state index is 11.3. The Bertz CT molecular complexity index is 349. The van der Waals surface area contributed by atoms with Crippen LogP contribution in [0, 0.1) is 0 Å². The van der Waals surface area contributed by atoms with Crippen LogP contribution in [0.4, 0.5) is 0 Å². The highest BCUT2D eigenvalue weighted by Gasteiger charge is 2.51. The number of rotatable bonds is 0. The van der Waals surface area contributed by atoms with Gasteiger partial charge >= 0.3 is 0 Å². The fourth-order valence-corrected chi connectivity index (χ4v) is 1.88. The van der Waals surface area contributed by atoms with E-state index in [0.717, 1.165) is 30.7 Å². The Balaban J connectivity index is 2.20. The van der Waals surface area contributed by atoms with E-state index in [1.54, 1.807) is 12.3 Å². The zero-order chi connectivity index (χ0) is 8.18. The lowest BCUT2D eigenvalue weighted by Gasteiger charge is -2.20. The Morgan fingerprint density at radius 2 is 2.33 bits per heavy atom. The van der Waals surface area contributed by atoms with Gasteiger partial charge in [-0.15, -0.1) is 0 Å². The molecule has 0 aromatic carbocycles. The molecule has 1 amide bonds. The normalized spacial score (nSPS) is 23.5. The van der Waals surface area contributed by atoms with E-state index >= 15 is 0 Å². The van der Waals surface area contributed by atoms with Gasteiger partial charge in [-0.05, 0) is 18.9 Å². The predicted octanol–water partition coefficient (Wildman–Crippen LogP) is 1.05. The standard InChI is InChI=1S/C9H9NO2/c11-8-6-1-4-12-7(6)9(2-3-9)5-10-8/h1,4H,2-3,5H2,(H,10,11). The van der Waals surface area contributed by atoms with Crippen molar-refractivity contribution < 1.29 is 9.21 Å². The maximum Gasteiger partial charge on any atom is 0.254 e. The lowest BCUT2D eigenvalue weighted by atomic mass is 9.96. The second-order valence-corrected chi connectivity index (χ2v) is 3.63. The van der Waals surface area contributed by atoms with Crippen LogP contribution < -0.4 is 5.32 Å². The Labute approximate surface area is 69.8 Å². The molecule has 2 heterocycles. The lowest BCUT2D eigenvalue weighted by molar-refractivity contribution is 0.0932. The van der Waals surface area contributed by atoms with Crippen molar-refractivity contribution in [2.24, 2.45) is 0 Å². The van der Waals surface area contributed by atoms with E-state index < -0.39 is 0 Å². The highest BCUT2D eigenvalue weighted by atomic mass is 16.3. The summed E-state index contributed by atoms with van der Waals surface area (Å²) in [6.07, 6.45) is 3.90. The van der Waals surface area contributed by atoms with Crippen LogP contribution in [0.25, 0.3) is 0 Å². The van der Waals surface area contributed by atoms with Gasteiger partial charge in [-0.2, -0.15) is 0 Å². The molecule has 1 saturated carbocycles. The third-order valence-corrected chi connectivity index (χ3v) is 2.83. The van der Waals surface area contributed by atoms with E-state index in [0.29, 0.717) is 0 Å². The van der Waals surface area contributed by atoms with Gasteiger partial charge in [0.2, 0.25) is 0 Å². The molecule has 12 heavy (non-hydrogen) atoms. The van der Waals surface area contributed by atoms with Gasteiger partial charge in [0.1, 0.15) is 5.76 Å². The zero-order valence-corrected chi connectivity index (χ0v) is 6.59. The molecule has 3 rings (SSSR count). The Hall–Kier alpha value is -1.25. The van der Waals surface area contributed by atoms with Crippen molar-refractivity contribution in [3.8, 4) is 0 Å². The van der Waals surface area contributed by atoms with Gasteiger partial charge in [-0.25, -0.2) is 0 Å².